The molecule has 1 heterocycles. The summed E-state index contributed by atoms with van der Waals surface area (Å²) in [7, 11) is 0. The number of hydrogen-bond donors (Lipinski definition) is 1. The van der Waals surface area contributed by atoms with Gasteiger partial charge >= 0.3 is 0 Å². The van der Waals surface area contributed by atoms with E-state index in [0.717, 1.165) is 26.3 Å². The predicted octanol–water partition coefficient (Wildman–Crippen LogP) is 1.47. The predicted molar refractivity (Wildman–Crippen MR) is 63.9 cm³/mol. The molecule has 0 radical (unpaired) electrons. The van der Waals surface area contributed by atoms with Crippen LogP contribution in [0.1, 0.15) is 33.1 Å². The zero-order valence-corrected chi connectivity index (χ0v) is 10.2. The molecule has 1 aliphatic rings. The van der Waals surface area contributed by atoms with Crippen molar-refractivity contribution in [1.29, 1.82) is 0 Å². The Hall–Kier alpha value is -0.120. The Kier molecular flexibility index (Phi) is 6.22. The molecule has 90 valence electrons. The first kappa shape index (κ1) is 12.9. The first-order valence-corrected chi connectivity index (χ1v) is 6.29. The fourth-order valence-electron chi connectivity index (χ4n) is 1.91. The standard InChI is InChI=1S/C12H26N2O/c1-3-4-8-15-9-7-14-6-5-11(2)12(13)10-14/h11-12H,3-10,13H2,1-2H3. The van der Waals surface area contributed by atoms with Gasteiger partial charge in [0.2, 0.25) is 0 Å². The first-order valence-electron chi connectivity index (χ1n) is 6.29. The van der Waals surface area contributed by atoms with Crippen LogP contribution in [0, 0.1) is 5.92 Å². The van der Waals surface area contributed by atoms with Crippen LogP contribution in [0.15, 0.2) is 0 Å². The summed E-state index contributed by atoms with van der Waals surface area (Å²) in [5.41, 5.74) is 6.04. The van der Waals surface area contributed by atoms with Crippen molar-refractivity contribution >= 4 is 0 Å². The number of ether oxygens (including phenoxy) is 1. The van der Waals surface area contributed by atoms with E-state index in [0.29, 0.717) is 12.0 Å². The van der Waals surface area contributed by atoms with Crippen molar-refractivity contribution in [3.63, 3.8) is 0 Å². The van der Waals surface area contributed by atoms with E-state index in [4.69, 9.17) is 10.5 Å². The third-order valence-corrected chi connectivity index (χ3v) is 3.29. The molecule has 0 aromatic rings. The van der Waals surface area contributed by atoms with Gasteiger partial charge in [-0.25, -0.2) is 0 Å². The third kappa shape index (κ3) is 4.96. The number of rotatable bonds is 6. The summed E-state index contributed by atoms with van der Waals surface area (Å²) < 4.78 is 5.56. The molecule has 3 nitrogen and oxygen atoms in total. The lowest BCUT2D eigenvalue weighted by atomic mass is 9.94. The van der Waals surface area contributed by atoms with Crippen molar-refractivity contribution in [2.75, 3.05) is 32.8 Å². The van der Waals surface area contributed by atoms with Crippen LogP contribution in [-0.4, -0.2) is 43.8 Å². The van der Waals surface area contributed by atoms with Crippen molar-refractivity contribution in [1.82, 2.24) is 4.90 Å². The highest BCUT2D eigenvalue weighted by Crippen LogP contribution is 2.14. The molecule has 0 amide bonds. The molecule has 0 bridgehead atoms. The Labute approximate surface area is 94.0 Å². The quantitative estimate of drug-likeness (QED) is 0.681. The molecule has 2 N–H and O–H groups in total. The number of likely N-dealkylation sites (tertiary alicyclic amines) is 1. The van der Waals surface area contributed by atoms with E-state index in [1.165, 1.54) is 25.8 Å². The van der Waals surface area contributed by atoms with Gasteiger partial charge < -0.3 is 10.5 Å². The number of piperidine rings is 1. The van der Waals surface area contributed by atoms with Crippen molar-refractivity contribution < 1.29 is 4.74 Å². The van der Waals surface area contributed by atoms with Crippen LogP contribution in [0.3, 0.4) is 0 Å². The second-order valence-electron chi connectivity index (χ2n) is 4.70. The molecule has 1 fully saturated rings. The Morgan fingerprint density at radius 1 is 1.40 bits per heavy atom. The molecular weight excluding hydrogens is 188 g/mol. The van der Waals surface area contributed by atoms with Gasteiger partial charge in [0.15, 0.2) is 0 Å². The Balaban J connectivity index is 2.02. The van der Waals surface area contributed by atoms with Crippen molar-refractivity contribution in [2.45, 2.75) is 39.2 Å². The highest BCUT2D eigenvalue weighted by molar-refractivity contribution is 4.80. The van der Waals surface area contributed by atoms with Crippen LogP contribution < -0.4 is 5.73 Å². The summed E-state index contributed by atoms with van der Waals surface area (Å²) in [6, 6.07) is 0.356. The van der Waals surface area contributed by atoms with Gasteiger partial charge in [0, 0.05) is 25.7 Å². The van der Waals surface area contributed by atoms with Crippen LogP contribution >= 0.6 is 0 Å². The molecule has 0 aromatic carbocycles. The second kappa shape index (κ2) is 7.20. The average Bonchev–Trinajstić information content (AvgIpc) is 2.23. The lowest BCUT2D eigenvalue weighted by Crippen LogP contribution is -2.48. The molecule has 1 saturated heterocycles. The van der Waals surface area contributed by atoms with Gasteiger partial charge in [0.05, 0.1) is 6.61 Å². The van der Waals surface area contributed by atoms with Crippen LogP contribution in [0.5, 0.6) is 0 Å². The van der Waals surface area contributed by atoms with Crippen molar-refractivity contribution in [2.24, 2.45) is 11.7 Å². The highest BCUT2D eigenvalue weighted by atomic mass is 16.5. The molecule has 0 saturated carbocycles. The Morgan fingerprint density at radius 3 is 2.87 bits per heavy atom. The van der Waals surface area contributed by atoms with E-state index >= 15 is 0 Å². The van der Waals surface area contributed by atoms with Gasteiger partial charge in [-0.05, 0) is 25.3 Å². The monoisotopic (exact) mass is 214 g/mol. The molecule has 0 spiro atoms. The summed E-state index contributed by atoms with van der Waals surface area (Å²) in [5.74, 6) is 0.683. The maximum absolute atomic E-state index is 6.04. The largest absolute Gasteiger partial charge is 0.380 e. The minimum absolute atomic E-state index is 0.356. The summed E-state index contributed by atoms with van der Waals surface area (Å²) in [6.07, 6.45) is 3.62. The summed E-state index contributed by atoms with van der Waals surface area (Å²) in [4.78, 5) is 2.43. The number of unbranched alkanes of at least 4 members (excludes halogenated alkanes) is 1. The minimum atomic E-state index is 0.356. The topological polar surface area (TPSA) is 38.5 Å². The lowest BCUT2D eigenvalue weighted by Gasteiger charge is -2.34. The zero-order valence-electron chi connectivity index (χ0n) is 10.2. The van der Waals surface area contributed by atoms with Gasteiger partial charge in [-0.2, -0.15) is 0 Å². The third-order valence-electron chi connectivity index (χ3n) is 3.29. The fraction of sp³-hybridized carbons (Fsp3) is 1.00. The summed E-state index contributed by atoms with van der Waals surface area (Å²) in [5, 5.41) is 0. The van der Waals surface area contributed by atoms with Crippen molar-refractivity contribution in [3.05, 3.63) is 0 Å². The van der Waals surface area contributed by atoms with Crippen LogP contribution in [0.25, 0.3) is 0 Å². The zero-order chi connectivity index (χ0) is 11.1. The Bertz CT molecular complexity index is 164. The van der Waals surface area contributed by atoms with Crippen molar-refractivity contribution in [3.8, 4) is 0 Å². The van der Waals surface area contributed by atoms with E-state index in [1.807, 2.05) is 0 Å². The van der Waals surface area contributed by atoms with Gasteiger partial charge in [-0.3, -0.25) is 4.90 Å². The van der Waals surface area contributed by atoms with E-state index in [9.17, 15) is 0 Å². The van der Waals surface area contributed by atoms with Crippen LogP contribution in [0.2, 0.25) is 0 Å². The van der Waals surface area contributed by atoms with Crippen LogP contribution in [0.4, 0.5) is 0 Å². The molecular formula is C12H26N2O. The number of nitrogens with two attached hydrogens (primary N) is 1. The number of hydrogen-bond acceptors (Lipinski definition) is 3. The smallest absolute Gasteiger partial charge is 0.0593 e. The van der Waals surface area contributed by atoms with E-state index < -0.39 is 0 Å². The second-order valence-corrected chi connectivity index (χ2v) is 4.70. The fourth-order valence-corrected chi connectivity index (χ4v) is 1.91. The molecule has 1 aliphatic heterocycles. The number of nitrogens with zero attached hydrogens (tertiary/aromatic N) is 1. The molecule has 0 aromatic heterocycles. The first-order chi connectivity index (χ1) is 7.24. The minimum Gasteiger partial charge on any atom is -0.380 e. The Morgan fingerprint density at radius 2 is 2.20 bits per heavy atom. The van der Waals surface area contributed by atoms with Gasteiger partial charge in [0.25, 0.3) is 0 Å². The van der Waals surface area contributed by atoms with E-state index in [2.05, 4.69) is 18.7 Å². The normalized spacial score (nSPS) is 28.2. The van der Waals surface area contributed by atoms with E-state index in [-0.39, 0.29) is 0 Å². The maximum Gasteiger partial charge on any atom is 0.0593 e. The highest BCUT2D eigenvalue weighted by Gasteiger charge is 2.22. The molecule has 15 heavy (non-hydrogen) atoms. The van der Waals surface area contributed by atoms with Gasteiger partial charge in [-0.1, -0.05) is 20.3 Å². The van der Waals surface area contributed by atoms with E-state index in [1.54, 1.807) is 0 Å². The molecule has 1 rings (SSSR count). The molecule has 0 aliphatic carbocycles. The van der Waals surface area contributed by atoms with Gasteiger partial charge in [0.1, 0.15) is 0 Å². The van der Waals surface area contributed by atoms with Crippen LogP contribution in [-0.2, 0) is 4.74 Å². The molecule has 2 unspecified atom stereocenters. The van der Waals surface area contributed by atoms with Gasteiger partial charge in [-0.15, -0.1) is 0 Å². The average molecular weight is 214 g/mol. The SMILES string of the molecule is CCCCOCCN1CCC(C)C(N)C1. The molecule has 2 atom stereocenters. The molecule has 3 heteroatoms. The summed E-state index contributed by atoms with van der Waals surface area (Å²) in [6.45, 7) is 9.48. The lowest BCUT2D eigenvalue weighted by molar-refractivity contribution is 0.0829. The summed E-state index contributed by atoms with van der Waals surface area (Å²) >= 11 is 0. The maximum atomic E-state index is 6.04.